The third kappa shape index (κ3) is 4.00. The Morgan fingerprint density at radius 2 is 2.08 bits per heavy atom. The molecule has 1 amide bonds. The van der Waals surface area contributed by atoms with Gasteiger partial charge in [0.1, 0.15) is 11.9 Å². The van der Waals surface area contributed by atoms with Crippen molar-refractivity contribution in [3.8, 4) is 0 Å². The van der Waals surface area contributed by atoms with Crippen LogP contribution in [0, 0.1) is 0 Å². The van der Waals surface area contributed by atoms with E-state index in [1.165, 1.54) is 0 Å². The number of benzene rings is 1. The molecule has 0 aliphatic carbocycles. The summed E-state index contributed by atoms with van der Waals surface area (Å²) in [7, 11) is 0. The van der Waals surface area contributed by atoms with Gasteiger partial charge in [-0.1, -0.05) is 12.1 Å². The minimum absolute atomic E-state index is 0.0661. The Labute approximate surface area is 145 Å². The van der Waals surface area contributed by atoms with Gasteiger partial charge in [0.25, 0.3) is 0 Å². The van der Waals surface area contributed by atoms with E-state index in [0.717, 1.165) is 29.0 Å². The highest BCUT2D eigenvalue weighted by Gasteiger charge is 2.18. The van der Waals surface area contributed by atoms with Crippen LogP contribution in [0.3, 0.4) is 0 Å². The molecule has 6 heteroatoms. The van der Waals surface area contributed by atoms with E-state index in [0.29, 0.717) is 13.0 Å². The van der Waals surface area contributed by atoms with Crippen LogP contribution < -0.4 is 5.32 Å². The molecule has 2 aromatic heterocycles. The summed E-state index contributed by atoms with van der Waals surface area (Å²) in [5.74, 6) is 1.93. The number of nitrogens with zero attached hydrogens (tertiary/aromatic N) is 2. The number of thioether (sulfide) groups is 1. The summed E-state index contributed by atoms with van der Waals surface area (Å²) in [5.41, 5.74) is 1.99. The van der Waals surface area contributed by atoms with Gasteiger partial charge in [-0.3, -0.25) is 4.79 Å². The molecule has 3 rings (SSSR count). The Morgan fingerprint density at radius 3 is 2.83 bits per heavy atom. The topological polar surface area (TPSA) is 62.7 Å². The van der Waals surface area contributed by atoms with E-state index in [-0.39, 0.29) is 11.9 Å². The summed E-state index contributed by atoms with van der Waals surface area (Å²) in [6, 6.07) is 11.7. The number of para-hydroxylation sites is 2. The van der Waals surface area contributed by atoms with Gasteiger partial charge in [0.15, 0.2) is 0 Å². The number of hydrogen-bond acceptors (Lipinski definition) is 3. The van der Waals surface area contributed by atoms with Gasteiger partial charge in [0.05, 0.1) is 11.0 Å². The lowest BCUT2D eigenvalue weighted by molar-refractivity contribution is -0.124. The standard InChI is InChI=1S/C18H22N4OS/c1-24-13-9-16(22-11-4-5-12-22)18(23)19-10-8-17-20-14-6-2-3-7-15(14)21-17/h2-7,11-12,16H,8-10,13H2,1H3,(H,19,23)(H,20,21)/t16-/m1/s1. The van der Waals surface area contributed by atoms with Crippen molar-refractivity contribution in [3.05, 3.63) is 54.6 Å². The van der Waals surface area contributed by atoms with E-state index in [9.17, 15) is 4.79 Å². The molecule has 0 saturated heterocycles. The SMILES string of the molecule is CSCC[C@H](C(=O)NCCc1nc2ccccc2[nH]1)n1cccc1. The second-order valence-corrected chi connectivity index (χ2v) is 6.65. The number of amides is 1. The molecule has 5 nitrogen and oxygen atoms in total. The minimum Gasteiger partial charge on any atom is -0.354 e. The van der Waals surface area contributed by atoms with E-state index in [2.05, 4.69) is 21.5 Å². The average molecular weight is 342 g/mol. The minimum atomic E-state index is -0.150. The molecule has 2 heterocycles. The van der Waals surface area contributed by atoms with Crippen molar-refractivity contribution in [3.63, 3.8) is 0 Å². The first-order chi connectivity index (χ1) is 11.8. The molecule has 1 aromatic carbocycles. The third-order valence-corrected chi connectivity index (χ3v) is 4.63. The third-order valence-electron chi connectivity index (χ3n) is 3.98. The van der Waals surface area contributed by atoms with Crippen molar-refractivity contribution < 1.29 is 4.79 Å². The van der Waals surface area contributed by atoms with Crippen LogP contribution in [0.5, 0.6) is 0 Å². The first kappa shape index (κ1) is 16.6. The summed E-state index contributed by atoms with van der Waals surface area (Å²) in [4.78, 5) is 20.4. The number of carbonyl (C=O) groups excluding carboxylic acids is 1. The predicted octanol–water partition coefficient (Wildman–Crippen LogP) is 3.02. The molecule has 2 N–H and O–H groups in total. The summed E-state index contributed by atoms with van der Waals surface area (Å²) < 4.78 is 1.98. The number of carbonyl (C=O) groups is 1. The van der Waals surface area contributed by atoms with Crippen molar-refractivity contribution in [2.45, 2.75) is 18.9 Å². The van der Waals surface area contributed by atoms with Crippen LogP contribution in [0.1, 0.15) is 18.3 Å². The van der Waals surface area contributed by atoms with Crippen molar-refractivity contribution in [1.82, 2.24) is 19.9 Å². The maximum Gasteiger partial charge on any atom is 0.243 e. The normalized spacial score (nSPS) is 12.4. The summed E-state index contributed by atoms with van der Waals surface area (Å²) in [6.45, 7) is 0.579. The van der Waals surface area contributed by atoms with Crippen LogP contribution in [0.25, 0.3) is 11.0 Å². The van der Waals surface area contributed by atoms with Gasteiger partial charge in [-0.2, -0.15) is 11.8 Å². The number of nitrogens with one attached hydrogen (secondary N) is 2. The summed E-state index contributed by atoms with van der Waals surface area (Å²) in [5, 5.41) is 3.04. The van der Waals surface area contributed by atoms with E-state index in [1.807, 2.05) is 53.4 Å². The second-order valence-electron chi connectivity index (χ2n) is 5.67. The highest BCUT2D eigenvalue weighted by Crippen LogP contribution is 2.15. The maximum absolute atomic E-state index is 12.5. The molecule has 0 bridgehead atoms. The van der Waals surface area contributed by atoms with E-state index in [1.54, 1.807) is 11.8 Å². The van der Waals surface area contributed by atoms with Crippen molar-refractivity contribution in [1.29, 1.82) is 0 Å². The molecule has 3 aromatic rings. The zero-order valence-electron chi connectivity index (χ0n) is 13.7. The Kier molecular flexibility index (Phi) is 5.59. The lowest BCUT2D eigenvalue weighted by atomic mass is 10.2. The molecule has 126 valence electrons. The van der Waals surface area contributed by atoms with Crippen LogP contribution in [-0.4, -0.2) is 39.0 Å². The first-order valence-corrected chi connectivity index (χ1v) is 9.50. The molecule has 0 aliphatic rings. The summed E-state index contributed by atoms with van der Waals surface area (Å²) in [6.07, 6.45) is 7.48. The Balaban J connectivity index is 1.56. The van der Waals surface area contributed by atoms with Crippen LogP contribution >= 0.6 is 11.8 Å². The molecule has 0 fully saturated rings. The van der Waals surface area contributed by atoms with Crippen LogP contribution in [0.2, 0.25) is 0 Å². The predicted molar refractivity (Wildman–Crippen MR) is 99.3 cm³/mol. The fraction of sp³-hybridized carbons (Fsp3) is 0.333. The van der Waals surface area contributed by atoms with Gasteiger partial charge in [-0.15, -0.1) is 0 Å². The Bertz CT molecular complexity index is 748. The average Bonchev–Trinajstić information content (AvgIpc) is 3.24. The van der Waals surface area contributed by atoms with E-state index >= 15 is 0 Å². The van der Waals surface area contributed by atoms with Crippen LogP contribution in [-0.2, 0) is 11.2 Å². The molecule has 0 unspecified atom stereocenters. The molecule has 0 spiro atoms. The maximum atomic E-state index is 12.5. The first-order valence-electron chi connectivity index (χ1n) is 8.10. The van der Waals surface area contributed by atoms with Gasteiger partial charge in [0.2, 0.25) is 5.91 Å². The monoisotopic (exact) mass is 342 g/mol. The fourth-order valence-corrected chi connectivity index (χ4v) is 3.21. The van der Waals surface area contributed by atoms with Gasteiger partial charge in [-0.25, -0.2) is 4.98 Å². The lowest BCUT2D eigenvalue weighted by Crippen LogP contribution is -2.34. The van der Waals surface area contributed by atoms with Crippen LogP contribution in [0.4, 0.5) is 0 Å². The quantitative estimate of drug-likeness (QED) is 0.661. The number of hydrogen-bond donors (Lipinski definition) is 2. The molecule has 0 saturated carbocycles. The smallest absolute Gasteiger partial charge is 0.243 e. The zero-order chi connectivity index (χ0) is 16.8. The Morgan fingerprint density at radius 1 is 1.29 bits per heavy atom. The highest BCUT2D eigenvalue weighted by atomic mass is 32.2. The molecular weight excluding hydrogens is 320 g/mol. The van der Waals surface area contributed by atoms with E-state index in [4.69, 9.17) is 0 Å². The number of aromatic nitrogens is 3. The Hall–Kier alpha value is -2.21. The highest BCUT2D eigenvalue weighted by molar-refractivity contribution is 7.98. The van der Waals surface area contributed by atoms with Crippen molar-refractivity contribution in [2.75, 3.05) is 18.6 Å². The van der Waals surface area contributed by atoms with Crippen molar-refractivity contribution >= 4 is 28.7 Å². The number of H-pyrrole nitrogens is 1. The molecule has 0 radical (unpaired) electrons. The summed E-state index contributed by atoms with van der Waals surface area (Å²) >= 11 is 1.76. The van der Waals surface area contributed by atoms with Gasteiger partial charge >= 0.3 is 0 Å². The van der Waals surface area contributed by atoms with Crippen LogP contribution in [0.15, 0.2) is 48.8 Å². The van der Waals surface area contributed by atoms with Gasteiger partial charge < -0.3 is 14.9 Å². The van der Waals surface area contributed by atoms with E-state index < -0.39 is 0 Å². The second kappa shape index (κ2) is 8.06. The fourth-order valence-electron chi connectivity index (χ4n) is 2.75. The van der Waals surface area contributed by atoms with Gasteiger partial charge in [0, 0.05) is 25.4 Å². The molecule has 24 heavy (non-hydrogen) atoms. The molecule has 0 aliphatic heterocycles. The van der Waals surface area contributed by atoms with Gasteiger partial charge in [-0.05, 0) is 42.7 Å². The number of rotatable bonds is 8. The largest absolute Gasteiger partial charge is 0.354 e. The number of imidazole rings is 1. The lowest BCUT2D eigenvalue weighted by Gasteiger charge is -2.18. The number of fused-ring (bicyclic) bond motifs is 1. The van der Waals surface area contributed by atoms with Crippen molar-refractivity contribution in [2.24, 2.45) is 0 Å². The number of aromatic amines is 1. The molecular formula is C18H22N4OS. The molecule has 1 atom stereocenters. The zero-order valence-corrected chi connectivity index (χ0v) is 14.6.